The van der Waals surface area contributed by atoms with Gasteiger partial charge in [0.25, 0.3) is 10.2 Å². The maximum Gasteiger partial charge on any atom is 0.282 e. The molecule has 0 radical (unpaired) electrons. The Balaban J connectivity index is 2.36. The number of hydrogen-bond acceptors (Lipinski definition) is 3. The van der Waals surface area contributed by atoms with Crippen LogP contribution in [0.1, 0.15) is 25.5 Å². The Morgan fingerprint density at radius 1 is 1.43 bits per heavy atom. The number of nitrogens with zero attached hydrogens (tertiary/aromatic N) is 2. The van der Waals surface area contributed by atoms with E-state index in [1.807, 2.05) is 32.0 Å². The maximum atomic E-state index is 12.8. The van der Waals surface area contributed by atoms with Gasteiger partial charge in [0, 0.05) is 37.7 Å². The highest BCUT2D eigenvalue weighted by Crippen LogP contribution is 2.28. The molecule has 0 aromatic heterocycles. The lowest BCUT2D eigenvalue weighted by molar-refractivity contribution is 0.245. The van der Waals surface area contributed by atoms with E-state index in [-0.39, 0.29) is 12.1 Å². The maximum absolute atomic E-state index is 12.8. The van der Waals surface area contributed by atoms with Crippen molar-refractivity contribution in [3.63, 3.8) is 0 Å². The largest absolute Gasteiger partial charge is 0.313 e. The van der Waals surface area contributed by atoms with Crippen LogP contribution >= 0.6 is 11.6 Å². The number of nitrogens with one attached hydrogen (secondary N) is 1. The van der Waals surface area contributed by atoms with Gasteiger partial charge in [0.05, 0.1) is 6.04 Å². The number of piperazine rings is 1. The molecule has 1 saturated heterocycles. The third kappa shape index (κ3) is 3.57. The van der Waals surface area contributed by atoms with Crippen LogP contribution in [0.2, 0.25) is 5.02 Å². The van der Waals surface area contributed by atoms with Crippen molar-refractivity contribution in [3.8, 4) is 0 Å². The second-order valence-electron chi connectivity index (χ2n) is 5.50. The van der Waals surface area contributed by atoms with Crippen LogP contribution < -0.4 is 5.32 Å². The van der Waals surface area contributed by atoms with Crippen LogP contribution in [-0.4, -0.2) is 49.8 Å². The summed E-state index contributed by atoms with van der Waals surface area (Å²) in [5.41, 5.74) is 0.912. The van der Waals surface area contributed by atoms with Gasteiger partial charge >= 0.3 is 0 Å². The molecule has 7 heteroatoms. The van der Waals surface area contributed by atoms with Crippen molar-refractivity contribution >= 4 is 21.8 Å². The zero-order valence-corrected chi connectivity index (χ0v) is 14.2. The Labute approximate surface area is 132 Å². The summed E-state index contributed by atoms with van der Waals surface area (Å²) in [6.07, 6.45) is 0. The molecular weight excluding hydrogens is 310 g/mol. The van der Waals surface area contributed by atoms with E-state index in [2.05, 4.69) is 5.32 Å². The molecule has 1 N–H and O–H groups in total. The van der Waals surface area contributed by atoms with Crippen LogP contribution in [0.5, 0.6) is 0 Å². The summed E-state index contributed by atoms with van der Waals surface area (Å²) in [6.45, 7) is 5.44. The molecule has 0 bridgehead atoms. The first-order chi connectivity index (χ1) is 9.84. The molecule has 1 aromatic rings. The summed E-state index contributed by atoms with van der Waals surface area (Å²) in [7, 11) is -1.87. The smallest absolute Gasteiger partial charge is 0.282 e. The zero-order valence-electron chi connectivity index (χ0n) is 12.6. The van der Waals surface area contributed by atoms with Crippen LogP contribution in [0.25, 0.3) is 0 Å². The van der Waals surface area contributed by atoms with E-state index in [9.17, 15) is 8.42 Å². The molecule has 5 nitrogen and oxygen atoms in total. The van der Waals surface area contributed by atoms with Gasteiger partial charge in [-0.3, -0.25) is 0 Å². The Kier molecular flexibility index (Phi) is 5.27. The normalized spacial score (nSPS) is 21.1. The summed E-state index contributed by atoms with van der Waals surface area (Å²) in [5, 5.41) is 3.87. The van der Waals surface area contributed by atoms with Gasteiger partial charge < -0.3 is 5.32 Å². The second-order valence-corrected chi connectivity index (χ2v) is 7.88. The molecule has 0 amide bonds. The van der Waals surface area contributed by atoms with Crippen molar-refractivity contribution in [2.45, 2.75) is 25.9 Å². The average Bonchev–Trinajstić information content (AvgIpc) is 2.46. The van der Waals surface area contributed by atoms with Crippen molar-refractivity contribution in [3.05, 3.63) is 34.9 Å². The Bertz CT molecular complexity index is 592. The lowest BCUT2D eigenvalue weighted by atomic mass is 10.1. The predicted molar refractivity (Wildman–Crippen MR) is 85.6 cm³/mol. The van der Waals surface area contributed by atoms with Crippen molar-refractivity contribution in [1.29, 1.82) is 0 Å². The Hall–Kier alpha value is -0.660. The van der Waals surface area contributed by atoms with Gasteiger partial charge in [-0.05, 0) is 31.5 Å². The summed E-state index contributed by atoms with van der Waals surface area (Å²) < 4.78 is 28.6. The van der Waals surface area contributed by atoms with Gasteiger partial charge in [0.2, 0.25) is 0 Å². The third-order valence-electron chi connectivity index (χ3n) is 3.82. The molecular formula is C14H22ClN3O2S. The lowest BCUT2D eigenvalue weighted by Crippen LogP contribution is -2.53. The van der Waals surface area contributed by atoms with Crippen LogP contribution in [0.15, 0.2) is 24.3 Å². The van der Waals surface area contributed by atoms with Gasteiger partial charge in [-0.1, -0.05) is 23.7 Å². The molecule has 1 aromatic carbocycles. The Morgan fingerprint density at radius 2 is 2.14 bits per heavy atom. The molecule has 118 valence electrons. The molecule has 0 aliphatic carbocycles. The quantitative estimate of drug-likeness (QED) is 0.916. The summed E-state index contributed by atoms with van der Waals surface area (Å²) in [4.78, 5) is 0. The first-order valence-corrected chi connectivity index (χ1v) is 8.82. The van der Waals surface area contributed by atoms with E-state index >= 15 is 0 Å². The molecule has 21 heavy (non-hydrogen) atoms. The minimum atomic E-state index is -3.49. The molecule has 1 aliphatic rings. The second kappa shape index (κ2) is 6.62. The number of hydrogen-bond donors (Lipinski definition) is 1. The molecule has 1 atom stereocenters. The topological polar surface area (TPSA) is 52.7 Å². The standard InChI is InChI=1S/C14H22ClN3O2S/c1-11(2)17(3)21(19,20)18-8-7-16-10-14(18)12-5-4-6-13(15)9-12/h4-6,9,11,14,16H,7-8,10H2,1-3H3. The number of benzene rings is 1. The minimum Gasteiger partial charge on any atom is -0.313 e. The van der Waals surface area contributed by atoms with Gasteiger partial charge in [-0.25, -0.2) is 0 Å². The van der Waals surface area contributed by atoms with Crippen molar-refractivity contribution in [1.82, 2.24) is 13.9 Å². The van der Waals surface area contributed by atoms with E-state index < -0.39 is 10.2 Å². The molecule has 0 saturated carbocycles. The fourth-order valence-corrected chi connectivity index (χ4v) is 4.29. The number of rotatable bonds is 4. The summed E-state index contributed by atoms with van der Waals surface area (Å²) in [6, 6.07) is 7.08. The lowest BCUT2D eigenvalue weighted by Gasteiger charge is -2.38. The SMILES string of the molecule is CC(C)N(C)S(=O)(=O)N1CCNCC1c1cccc(Cl)c1. The van der Waals surface area contributed by atoms with E-state index in [0.717, 1.165) is 5.56 Å². The average molecular weight is 332 g/mol. The first kappa shape index (κ1) is 16.7. The monoisotopic (exact) mass is 331 g/mol. The fourth-order valence-electron chi connectivity index (χ4n) is 2.39. The minimum absolute atomic E-state index is 0.0788. The van der Waals surface area contributed by atoms with Gasteiger partial charge in [-0.2, -0.15) is 17.0 Å². The third-order valence-corrected chi connectivity index (χ3v) is 6.23. The first-order valence-electron chi connectivity index (χ1n) is 7.05. The van der Waals surface area contributed by atoms with Gasteiger partial charge in [-0.15, -0.1) is 0 Å². The molecule has 1 unspecified atom stereocenters. The highest BCUT2D eigenvalue weighted by molar-refractivity contribution is 7.86. The van der Waals surface area contributed by atoms with Crippen LogP contribution in [0.3, 0.4) is 0 Å². The van der Waals surface area contributed by atoms with Crippen molar-refractivity contribution in [2.75, 3.05) is 26.7 Å². The van der Waals surface area contributed by atoms with Gasteiger partial charge in [0.1, 0.15) is 0 Å². The van der Waals surface area contributed by atoms with Crippen LogP contribution in [-0.2, 0) is 10.2 Å². The van der Waals surface area contributed by atoms with Crippen molar-refractivity contribution < 1.29 is 8.42 Å². The highest BCUT2D eigenvalue weighted by atomic mass is 35.5. The summed E-state index contributed by atoms with van der Waals surface area (Å²) >= 11 is 6.04. The molecule has 1 fully saturated rings. The van der Waals surface area contributed by atoms with Crippen molar-refractivity contribution in [2.24, 2.45) is 0 Å². The van der Waals surface area contributed by atoms with E-state index in [1.165, 1.54) is 4.31 Å². The highest BCUT2D eigenvalue weighted by Gasteiger charge is 2.36. The van der Waals surface area contributed by atoms with E-state index in [4.69, 9.17) is 11.6 Å². The molecule has 1 aliphatic heterocycles. The Morgan fingerprint density at radius 3 is 2.76 bits per heavy atom. The van der Waals surface area contributed by atoms with Gasteiger partial charge in [0.15, 0.2) is 0 Å². The zero-order chi connectivity index (χ0) is 15.6. The fraction of sp³-hybridized carbons (Fsp3) is 0.571. The summed E-state index contributed by atoms with van der Waals surface area (Å²) in [5.74, 6) is 0. The molecule has 2 rings (SSSR count). The predicted octanol–water partition coefficient (Wildman–Crippen LogP) is 1.87. The van der Waals surface area contributed by atoms with Crippen LogP contribution in [0.4, 0.5) is 0 Å². The molecule has 1 heterocycles. The van der Waals surface area contributed by atoms with E-state index in [1.54, 1.807) is 17.4 Å². The molecule has 0 spiro atoms. The van der Waals surface area contributed by atoms with E-state index in [0.29, 0.717) is 24.7 Å². The van der Waals surface area contributed by atoms with Crippen LogP contribution in [0, 0.1) is 0 Å². The number of halogens is 1.